The molecule has 1 heterocycles. The Balaban J connectivity index is 1.86. The van der Waals surface area contributed by atoms with Crippen LogP contribution < -0.4 is 10.2 Å². The van der Waals surface area contributed by atoms with Crippen molar-refractivity contribution in [3.05, 3.63) is 28.2 Å². The second-order valence-electron chi connectivity index (χ2n) is 4.87. The number of hydrogen-bond acceptors (Lipinski definition) is 3. The summed E-state index contributed by atoms with van der Waals surface area (Å²) in [6.07, 6.45) is 1.11. The number of rotatable bonds is 4. The minimum Gasteiger partial charge on any atom is -0.379 e. The minimum atomic E-state index is 0.495. The van der Waals surface area contributed by atoms with E-state index in [4.69, 9.17) is 4.74 Å². The van der Waals surface area contributed by atoms with E-state index in [1.165, 1.54) is 15.7 Å². The van der Waals surface area contributed by atoms with Crippen LogP contribution in [0.1, 0.15) is 12.0 Å². The molecule has 2 rings (SSSR count). The maximum absolute atomic E-state index is 5.47. The molecule has 1 aromatic carbocycles. The van der Waals surface area contributed by atoms with Crippen LogP contribution in [0.15, 0.2) is 22.7 Å². The Morgan fingerprint density at radius 2 is 2.33 bits per heavy atom. The summed E-state index contributed by atoms with van der Waals surface area (Å²) in [5.74, 6) is 0. The van der Waals surface area contributed by atoms with Crippen molar-refractivity contribution >= 4 is 21.6 Å². The molecule has 4 heteroatoms. The average molecular weight is 313 g/mol. The topological polar surface area (TPSA) is 24.5 Å². The monoisotopic (exact) mass is 312 g/mol. The van der Waals surface area contributed by atoms with Crippen molar-refractivity contribution in [1.29, 1.82) is 0 Å². The van der Waals surface area contributed by atoms with Gasteiger partial charge in [0.05, 0.1) is 13.2 Å². The molecule has 3 nitrogen and oxygen atoms in total. The van der Waals surface area contributed by atoms with E-state index in [1.807, 2.05) is 0 Å². The van der Waals surface area contributed by atoms with Crippen LogP contribution in [0, 0.1) is 6.92 Å². The van der Waals surface area contributed by atoms with Crippen LogP contribution in [-0.2, 0) is 4.74 Å². The molecule has 1 saturated heterocycles. The van der Waals surface area contributed by atoms with Crippen molar-refractivity contribution < 1.29 is 4.74 Å². The van der Waals surface area contributed by atoms with Gasteiger partial charge in [-0.05, 0) is 31.0 Å². The van der Waals surface area contributed by atoms with Crippen molar-refractivity contribution in [2.75, 3.05) is 38.3 Å². The SMILES string of the molecule is Cc1ccc(N(C)CCC2COCCN2)cc1Br. The number of ether oxygens (including phenoxy) is 1. The van der Waals surface area contributed by atoms with Crippen molar-refractivity contribution in [2.24, 2.45) is 0 Å². The largest absolute Gasteiger partial charge is 0.379 e. The standard InChI is InChI=1S/C14H21BrN2O/c1-11-3-4-13(9-14(11)15)17(2)7-5-12-10-18-8-6-16-12/h3-4,9,12,16H,5-8,10H2,1-2H3. The van der Waals surface area contributed by atoms with Gasteiger partial charge in [0.15, 0.2) is 0 Å². The zero-order valence-electron chi connectivity index (χ0n) is 11.1. The van der Waals surface area contributed by atoms with E-state index in [2.05, 4.69) is 58.3 Å². The van der Waals surface area contributed by atoms with Crippen molar-refractivity contribution in [1.82, 2.24) is 5.32 Å². The van der Waals surface area contributed by atoms with Gasteiger partial charge in [0.25, 0.3) is 0 Å². The highest BCUT2D eigenvalue weighted by molar-refractivity contribution is 9.10. The van der Waals surface area contributed by atoms with Crippen LogP contribution in [0.5, 0.6) is 0 Å². The highest BCUT2D eigenvalue weighted by Gasteiger charge is 2.13. The van der Waals surface area contributed by atoms with Crippen molar-refractivity contribution in [3.63, 3.8) is 0 Å². The summed E-state index contributed by atoms with van der Waals surface area (Å²) >= 11 is 3.58. The molecule has 1 aliphatic rings. The van der Waals surface area contributed by atoms with Gasteiger partial charge in [-0.25, -0.2) is 0 Å². The lowest BCUT2D eigenvalue weighted by atomic mass is 10.1. The predicted octanol–water partition coefficient (Wildman–Crippen LogP) is 2.57. The number of morpholine rings is 1. The van der Waals surface area contributed by atoms with Gasteiger partial charge in [0.1, 0.15) is 0 Å². The van der Waals surface area contributed by atoms with Crippen LogP contribution in [0.3, 0.4) is 0 Å². The second-order valence-corrected chi connectivity index (χ2v) is 5.72. The fourth-order valence-electron chi connectivity index (χ4n) is 2.10. The smallest absolute Gasteiger partial charge is 0.0620 e. The first-order chi connectivity index (χ1) is 8.66. The highest BCUT2D eigenvalue weighted by Crippen LogP contribution is 2.23. The molecule has 100 valence electrons. The first-order valence-electron chi connectivity index (χ1n) is 6.45. The fraction of sp³-hybridized carbons (Fsp3) is 0.571. The quantitative estimate of drug-likeness (QED) is 0.925. The molecule has 0 radical (unpaired) electrons. The molecular formula is C14H21BrN2O. The first kappa shape index (κ1) is 13.8. The van der Waals surface area contributed by atoms with E-state index >= 15 is 0 Å². The van der Waals surface area contributed by atoms with E-state index in [-0.39, 0.29) is 0 Å². The third-order valence-corrected chi connectivity index (χ3v) is 4.26. The Bertz CT molecular complexity index is 391. The van der Waals surface area contributed by atoms with Crippen LogP contribution in [0.25, 0.3) is 0 Å². The van der Waals surface area contributed by atoms with E-state index in [0.29, 0.717) is 6.04 Å². The number of benzene rings is 1. The van der Waals surface area contributed by atoms with Gasteiger partial charge in [0, 0.05) is 36.3 Å². The molecule has 0 aromatic heterocycles. The van der Waals surface area contributed by atoms with E-state index < -0.39 is 0 Å². The van der Waals surface area contributed by atoms with E-state index in [1.54, 1.807) is 0 Å². The maximum atomic E-state index is 5.47. The van der Waals surface area contributed by atoms with Gasteiger partial charge in [0.2, 0.25) is 0 Å². The van der Waals surface area contributed by atoms with Crippen molar-refractivity contribution in [3.8, 4) is 0 Å². The molecule has 1 aromatic rings. The summed E-state index contributed by atoms with van der Waals surface area (Å²) in [4.78, 5) is 2.29. The molecule has 0 saturated carbocycles. The van der Waals surface area contributed by atoms with Gasteiger partial charge >= 0.3 is 0 Å². The summed E-state index contributed by atoms with van der Waals surface area (Å²) in [5.41, 5.74) is 2.53. The number of nitrogens with zero attached hydrogens (tertiary/aromatic N) is 1. The van der Waals surface area contributed by atoms with Gasteiger partial charge < -0.3 is 15.0 Å². The number of aryl methyl sites for hydroxylation is 1. The lowest BCUT2D eigenvalue weighted by Crippen LogP contribution is -2.42. The molecule has 1 fully saturated rings. The maximum Gasteiger partial charge on any atom is 0.0620 e. The third kappa shape index (κ3) is 3.70. The lowest BCUT2D eigenvalue weighted by Gasteiger charge is -2.27. The Morgan fingerprint density at radius 1 is 1.50 bits per heavy atom. The van der Waals surface area contributed by atoms with Crippen molar-refractivity contribution in [2.45, 2.75) is 19.4 Å². The molecular weight excluding hydrogens is 292 g/mol. The van der Waals surface area contributed by atoms with Gasteiger partial charge in [-0.2, -0.15) is 0 Å². The van der Waals surface area contributed by atoms with Gasteiger partial charge in [-0.15, -0.1) is 0 Å². The number of nitrogens with one attached hydrogen (secondary N) is 1. The molecule has 1 atom stereocenters. The predicted molar refractivity (Wildman–Crippen MR) is 79.4 cm³/mol. The molecule has 18 heavy (non-hydrogen) atoms. The summed E-state index contributed by atoms with van der Waals surface area (Å²) in [7, 11) is 2.14. The van der Waals surface area contributed by atoms with Gasteiger partial charge in [-0.3, -0.25) is 0 Å². The molecule has 1 aliphatic heterocycles. The Morgan fingerprint density at radius 3 is 3.00 bits per heavy atom. The minimum absolute atomic E-state index is 0.495. The zero-order valence-corrected chi connectivity index (χ0v) is 12.7. The summed E-state index contributed by atoms with van der Waals surface area (Å²) in [6.45, 7) is 5.81. The van der Waals surface area contributed by atoms with Crippen LogP contribution in [0.4, 0.5) is 5.69 Å². The zero-order chi connectivity index (χ0) is 13.0. The third-order valence-electron chi connectivity index (χ3n) is 3.41. The van der Waals surface area contributed by atoms with Crippen LogP contribution >= 0.6 is 15.9 Å². The molecule has 0 bridgehead atoms. The Hall–Kier alpha value is -0.580. The number of halogens is 1. The summed E-state index contributed by atoms with van der Waals surface area (Å²) in [6, 6.07) is 7.00. The lowest BCUT2D eigenvalue weighted by molar-refractivity contribution is 0.0749. The number of anilines is 1. The highest BCUT2D eigenvalue weighted by atomic mass is 79.9. The Labute approximate surface area is 118 Å². The molecule has 1 N–H and O–H groups in total. The first-order valence-corrected chi connectivity index (χ1v) is 7.24. The van der Waals surface area contributed by atoms with E-state index in [0.717, 1.165) is 32.7 Å². The average Bonchev–Trinajstić information content (AvgIpc) is 2.40. The summed E-state index contributed by atoms with van der Waals surface area (Å²) in [5, 5.41) is 3.49. The normalized spacial score (nSPS) is 19.8. The molecule has 0 aliphatic carbocycles. The van der Waals surface area contributed by atoms with E-state index in [9.17, 15) is 0 Å². The van der Waals surface area contributed by atoms with Crippen LogP contribution in [0.2, 0.25) is 0 Å². The molecule has 0 amide bonds. The fourth-order valence-corrected chi connectivity index (χ4v) is 2.47. The number of hydrogen-bond donors (Lipinski definition) is 1. The Kier molecular flexibility index (Phi) is 5.03. The molecule has 1 unspecified atom stereocenters. The van der Waals surface area contributed by atoms with Gasteiger partial charge in [-0.1, -0.05) is 22.0 Å². The summed E-state index contributed by atoms with van der Waals surface area (Å²) < 4.78 is 6.64. The molecule has 0 spiro atoms. The second kappa shape index (κ2) is 6.55. The van der Waals surface area contributed by atoms with Crippen LogP contribution in [-0.4, -0.2) is 39.4 Å².